The van der Waals surface area contributed by atoms with Crippen molar-refractivity contribution in [1.29, 1.82) is 0 Å². The summed E-state index contributed by atoms with van der Waals surface area (Å²) >= 11 is 0. The second-order valence-electron chi connectivity index (χ2n) is 15.2. The molecule has 2 saturated heterocycles. The normalized spacial score (nSPS) is 29.5. The van der Waals surface area contributed by atoms with E-state index in [0.717, 1.165) is 76.7 Å². The quantitative estimate of drug-likeness (QED) is 0.210. The Morgan fingerprint density at radius 3 is 1.69 bits per heavy atom. The first kappa shape index (κ1) is 30.1. The number of carboxylic acid groups (broad SMARTS) is 1. The number of hydrogen-bond acceptors (Lipinski definition) is 4. The summed E-state index contributed by atoms with van der Waals surface area (Å²) in [5.41, 5.74) is 9.94. The highest BCUT2D eigenvalue weighted by Crippen LogP contribution is 2.49. The summed E-state index contributed by atoms with van der Waals surface area (Å²) in [6.45, 7) is 6.18. The van der Waals surface area contributed by atoms with Crippen LogP contribution in [0.1, 0.15) is 80.0 Å². The van der Waals surface area contributed by atoms with Crippen molar-refractivity contribution in [3.05, 3.63) is 94.3 Å². The molecule has 4 aliphatic heterocycles. The monoisotopic (exact) mass is 642 g/mol. The molecule has 6 aliphatic rings. The highest BCUT2D eigenvalue weighted by Gasteiger charge is 2.44. The van der Waals surface area contributed by atoms with E-state index in [4.69, 9.17) is 0 Å². The highest BCUT2D eigenvalue weighted by atomic mass is 16.4. The average molecular weight is 643 g/mol. The maximum atomic E-state index is 12.1. The number of hydrogen-bond donors (Lipinski definition) is 3. The third kappa shape index (κ3) is 4.92. The lowest BCUT2D eigenvalue weighted by atomic mass is 9.69. The average Bonchev–Trinajstić information content (AvgIpc) is 3.68. The number of H-pyrrole nitrogens is 2. The number of aliphatic carboxylic acids is 1. The number of aromatic amines is 2. The number of ketones is 1. The fourth-order valence-corrected chi connectivity index (χ4v) is 10.6. The molecule has 0 spiro atoms. The first-order valence-electron chi connectivity index (χ1n) is 18.3. The van der Waals surface area contributed by atoms with E-state index in [-0.39, 0.29) is 11.7 Å². The minimum atomic E-state index is -0.717. The summed E-state index contributed by atoms with van der Waals surface area (Å²) in [4.78, 5) is 36.4. The number of piperidine rings is 2. The Bertz CT molecular complexity index is 1840. The Balaban J connectivity index is 0.000000131. The van der Waals surface area contributed by atoms with Crippen molar-refractivity contribution >= 4 is 33.6 Å². The number of Topliss-reactive ketones (excluding diaryl/α,β-unsaturated/α-hetero) is 1. The standard InChI is InChI=1S/C21H24N2O.C20H22N2O2/c1-13(24)15-7-4-5-14-12-23-10-9-17-16-6-2-3-8-19(16)22-21(17)20(23)11-18(14)15;23-20(24)15-6-3-4-12-11-22-9-8-14-13-5-1-2-7-17(13)21-19(14)18(22)10-16(12)15/h2-3,6-8,14,18,20,22H,4-5,9-12H2,1H3;1-2,5-7,12,16,18,21H,3-4,8-11H2,(H,23,24)/t14-,18-,20-;12-,16-,18-/m00/s1. The van der Waals surface area contributed by atoms with Gasteiger partial charge < -0.3 is 15.1 Å². The number of fused-ring (bicyclic) bond motifs is 12. The molecule has 48 heavy (non-hydrogen) atoms. The van der Waals surface area contributed by atoms with E-state index in [0.29, 0.717) is 35.4 Å². The SMILES string of the molecule is CC(=O)C1=CCC[C@H]2CN3CCc4c([nH]c5ccccc45)[C@@H]3C[C@H]12.O=C(O)C1=CCC[C@H]2CN3CCc4c([nH]c5ccccc45)[C@@H]3C[C@H]12. The van der Waals surface area contributed by atoms with Gasteiger partial charge in [-0.15, -0.1) is 0 Å². The molecular formula is C41H46N4O3. The number of benzene rings is 2. The van der Waals surface area contributed by atoms with Crippen molar-refractivity contribution in [2.24, 2.45) is 23.7 Å². The van der Waals surface area contributed by atoms with Gasteiger partial charge in [-0.2, -0.15) is 0 Å². The third-order valence-corrected chi connectivity index (χ3v) is 12.8. The van der Waals surface area contributed by atoms with Gasteiger partial charge in [-0.25, -0.2) is 4.79 Å². The van der Waals surface area contributed by atoms with Crippen molar-refractivity contribution < 1.29 is 14.7 Å². The zero-order valence-corrected chi connectivity index (χ0v) is 27.9. The lowest BCUT2D eigenvalue weighted by molar-refractivity contribution is -0.134. The Morgan fingerprint density at radius 1 is 0.708 bits per heavy atom. The first-order chi connectivity index (χ1) is 23.4. The Morgan fingerprint density at radius 2 is 1.19 bits per heavy atom. The summed E-state index contributed by atoms with van der Waals surface area (Å²) in [6, 6.07) is 18.0. The molecule has 0 amide bonds. The van der Waals surface area contributed by atoms with Gasteiger partial charge in [0.1, 0.15) is 0 Å². The fourth-order valence-electron chi connectivity index (χ4n) is 10.6. The molecule has 3 N–H and O–H groups in total. The van der Waals surface area contributed by atoms with Crippen molar-refractivity contribution in [1.82, 2.24) is 19.8 Å². The predicted octanol–water partition coefficient (Wildman–Crippen LogP) is 7.52. The Hall–Kier alpha value is -3.94. The van der Waals surface area contributed by atoms with Gasteiger partial charge in [0.2, 0.25) is 0 Å². The van der Waals surface area contributed by atoms with Crippen LogP contribution in [0.3, 0.4) is 0 Å². The minimum Gasteiger partial charge on any atom is -0.478 e. The van der Waals surface area contributed by atoms with Gasteiger partial charge in [0, 0.05) is 64.9 Å². The molecule has 2 aromatic heterocycles. The molecule has 0 saturated carbocycles. The number of carbonyl (C=O) groups is 2. The molecule has 4 aromatic rings. The Kier molecular flexibility index (Phi) is 7.46. The van der Waals surface area contributed by atoms with Crippen LogP contribution in [0.5, 0.6) is 0 Å². The topological polar surface area (TPSA) is 92.4 Å². The first-order valence-corrected chi connectivity index (χ1v) is 18.3. The number of aromatic nitrogens is 2. The van der Waals surface area contributed by atoms with E-state index in [9.17, 15) is 14.7 Å². The third-order valence-electron chi connectivity index (χ3n) is 12.8. The van der Waals surface area contributed by atoms with Gasteiger partial charge >= 0.3 is 5.97 Å². The van der Waals surface area contributed by atoms with Crippen LogP contribution in [0.4, 0.5) is 0 Å². The molecule has 7 nitrogen and oxygen atoms in total. The summed E-state index contributed by atoms with van der Waals surface area (Å²) < 4.78 is 0. The zero-order chi connectivity index (χ0) is 32.5. The van der Waals surface area contributed by atoms with Gasteiger partial charge in [0.05, 0.1) is 12.1 Å². The van der Waals surface area contributed by atoms with Crippen molar-refractivity contribution in [3.8, 4) is 0 Å². The Labute approximate surface area is 282 Å². The number of para-hydroxylation sites is 2. The molecule has 10 rings (SSSR count). The van der Waals surface area contributed by atoms with Crippen LogP contribution in [-0.4, -0.2) is 62.8 Å². The molecule has 0 bridgehead atoms. The van der Waals surface area contributed by atoms with Crippen LogP contribution in [0.15, 0.2) is 71.8 Å². The molecule has 2 aromatic carbocycles. The minimum absolute atomic E-state index is 0.204. The van der Waals surface area contributed by atoms with E-state index in [2.05, 4.69) is 74.4 Å². The number of carbonyl (C=O) groups excluding carboxylic acids is 1. The van der Waals surface area contributed by atoms with Gasteiger partial charge in [-0.3, -0.25) is 14.6 Å². The van der Waals surface area contributed by atoms with E-state index < -0.39 is 5.97 Å². The number of rotatable bonds is 2. The second kappa shape index (κ2) is 11.9. The lowest BCUT2D eigenvalue weighted by Gasteiger charge is -2.48. The maximum Gasteiger partial charge on any atom is 0.331 e. The summed E-state index contributed by atoms with van der Waals surface area (Å²) in [6.07, 6.45) is 12.8. The summed E-state index contributed by atoms with van der Waals surface area (Å²) in [5.74, 6) is 1.39. The lowest BCUT2D eigenvalue weighted by Crippen LogP contribution is -2.47. The summed E-state index contributed by atoms with van der Waals surface area (Å²) in [5, 5.41) is 12.3. The van der Waals surface area contributed by atoms with Crippen molar-refractivity contribution in [2.75, 3.05) is 26.2 Å². The van der Waals surface area contributed by atoms with Gasteiger partial charge in [-0.05, 0) is 111 Å². The smallest absolute Gasteiger partial charge is 0.331 e. The molecule has 0 radical (unpaired) electrons. The van der Waals surface area contributed by atoms with Crippen molar-refractivity contribution in [2.45, 2.75) is 70.4 Å². The number of nitrogens with one attached hydrogen (secondary N) is 2. The van der Waals surface area contributed by atoms with Crippen LogP contribution >= 0.6 is 0 Å². The van der Waals surface area contributed by atoms with Gasteiger partial charge in [0.15, 0.2) is 5.78 Å². The second-order valence-corrected chi connectivity index (χ2v) is 15.2. The molecule has 248 valence electrons. The van der Waals surface area contributed by atoms with Crippen LogP contribution in [0, 0.1) is 23.7 Å². The van der Waals surface area contributed by atoms with E-state index in [1.807, 2.05) is 6.08 Å². The molecule has 6 atom stereocenters. The molecule has 2 aliphatic carbocycles. The largest absolute Gasteiger partial charge is 0.478 e. The summed E-state index contributed by atoms with van der Waals surface area (Å²) in [7, 11) is 0. The van der Waals surface area contributed by atoms with E-state index in [1.54, 1.807) is 6.92 Å². The van der Waals surface area contributed by atoms with Crippen LogP contribution in [-0.2, 0) is 22.4 Å². The predicted molar refractivity (Wildman–Crippen MR) is 189 cm³/mol. The molecule has 6 heterocycles. The van der Waals surface area contributed by atoms with Crippen LogP contribution in [0.2, 0.25) is 0 Å². The molecule has 0 unspecified atom stereocenters. The van der Waals surface area contributed by atoms with Crippen molar-refractivity contribution in [3.63, 3.8) is 0 Å². The van der Waals surface area contributed by atoms with Gasteiger partial charge in [-0.1, -0.05) is 48.6 Å². The van der Waals surface area contributed by atoms with E-state index in [1.165, 1.54) is 50.7 Å². The zero-order valence-electron chi connectivity index (χ0n) is 27.9. The molecule has 2 fully saturated rings. The van der Waals surface area contributed by atoms with E-state index >= 15 is 0 Å². The highest BCUT2D eigenvalue weighted by molar-refractivity contribution is 5.94. The van der Waals surface area contributed by atoms with Crippen LogP contribution < -0.4 is 0 Å². The molecule has 7 heteroatoms. The number of carboxylic acids is 1. The number of nitrogens with zero attached hydrogens (tertiary/aromatic N) is 2. The van der Waals surface area contributed by atoms with Gasteiger partial charge in [0.25, 0.3) is 0 Å². The maximum absolute atomic E-state index is 12.1. The van der Waals surface area contributed by atoms with Crippen LogP contribution in [0.25, 0.3) is 21.8 Å². The fraction of sp³-hybridized carbons (Fsp3) is 0.463. The number of allylic oxidation sites excluding steroid dienone is 3. The molecular weight excluding hydrogens is 596 g/mol.